The summed E-state index contributed by atoms with van der Waals surface area (Å²) >= 11 is 1.64. The zero-order chi connectivity index (χ0) is 17.8. The summed E-state index contributed by atoms with van der Waals surface area (Å²) in [5.41, 5.74) is 3.21. The van der Waals surface area contributed by atoms with Crippen molar-refractivity contribution < 1.29 is 9.47 Å². The number of hydrogen-bond donors (Lipinski definition) is 0. The van der Waals surface area contributed by atoms with E-state index >= 15 is 0 Å². The van der Waals surface area contributed by atoms with Crippen LogP contribution in [0.4, 0.5) is 0 Å². The summed E-state index contributed by atoms with van der Waals surface area (Å²) < 4.78 is 11.7. The first-order chi connectivity index (χ1) is 12.8. The number of aliphatic imine (C=N–C) groups is 1. The average Bonchev–Trinajstić information content (AvgIpc) is 3.22. The molecular formula is C21H22N2O2S. The molecule has 1 saturated carbocycles. The lowest BCUT2D eigenvalue weighted by molar-refractivity contribution is 0.201. The zero-order valence-corrected chi connectivity index (χ0v) is 15.7. The number of nitrogens with zero attached hydrogens (tertiary/aromatic N) is 2. The number of pyridine rings is 1. The molecule has 1 fully saturated rings. The van der Waals surface area contributed by atoms with Crippen molar-refractivity contribution in [2.75, 3.05) is 13.7 Å². The van der Waals surface area contributed by atoms with Gasteiger partial charge >= 0.3 is 0 Å². The van der Waals surface area contributed by atoms with Crippen molar-refractivity contribution >= 4 is 22.4 Å². The highest BCUT2D eigenvalue weighted by atomic mass is 32.2. The summed E-state index contributed by atoms with van der Waals surface area (Å²) in [6.45, 7) is 0.643. The van der Waals surface area contributed by atoms with E-state index in [1.807, 2.05) is 36.5 Å². The number of aromatic nitrogens is 1. The quantitative estimate of drug-likeness (QED) is 0.751. The lowest BCUT2D eigenvalue weighted by Gasteiger charge is -2.18. The van der Waals surface area contributed by atoms with Crippen molar-refractivity contribution in [2.45, 2.75) is 31.8 Å². The molecule has 0 N–H and O–H groups in total. The normalized spacial score (nSPS) is 17.6. The molecule has 0 radical (unpaired) electrons. The second-order valence-electron chi connectivity index (χ2n) is 6.49. The van der Waals surface area contributed by atoms with E-state index in [9.17, 15) is 0 Å². The van der Waals surface area contributed by atoms with Gasteiger partial charge in [-0.3, -0.25) is 9.98 Å². The van der Waals surface area contributed by atoms with Crippen LogP contribution in [0.3, 0.4) is 0 Å². The number of methoxy groups -OCH3 is 1. The van der Waals surface area contributed by atoms with Gasteiger partial charge in [0.15, 0.2) is 11.5 Å². The Balaban J connectivity index is 1.52. The predicted molar refractivity (Wildman–Crippen MR) is 107 cm³/mol. The van der Waals surface area contributed by atoms with Crippen LogP contribution in [0.5, 0.6) is 11.5 Å². The zero-order valence-electron chi connectivity index (χ0n) is 14.9. The van der Waals surface area contributed by atoms with Crippen LogP contribution in [0.15, 0.2) is 53.0 Å². The van der Waals surface area contributed by atoms with E-state index in [0.29, 0.717) is 12.6 Å². The molecule has 0 bridgehead atoms. The maximum absolute atomic E-state index is 6.20. The molecule has 4 nitrogen and oxygen atoms in total. The molecule has 1 aliphatic carbocycles. The van der Waals surface area contributed by atoms with Crippen molar-refractivity contribution in [2.24, 2.45) is 4.99 Å². The Morgan fingerprint density at radius 1 is 1.08 bits per heavy atom. The summed E-state index contributed by atoms with van der Waals surface area (Å²) in [5, 5.41) is 3.15. The highest BCUT2D eigenvalue weighted by Crippen LogP contribution is 2.35. The van der Waals surface area contributed by atoms with Crippen molar-refractivity contribution in [1.82, 2.24) is 4.98 Å². The van der Waals surface area contributed by atoms with Gasteiger partial charge < -0.3 is 9.47 Å². The van der Waals surface area contributed by atoms with Crippen molar-refractivity contribution in [3.8, 4) is 11.5 Å². The second-order valence-corrected chi connectivity index (χ2v) is 7.35. The lowest BCUT2D eigenvalue weighted by Crippen LogP contribution is -2.12. The molecule has 1 aromatic heterocycles. The van der Waals surface area contributed by atoms with Crippen molar-refractivity contribution in [3.63, 3.8) is 0 Å². The van der Waals surface area contributed by atoms with Gasteiger partial charge in [-0.1, -0.05) is 17.8 Å². The smallest absolute Gasteiger partial charge is 0.162 e. The van der Waals surface area contributed by atoms with Gasteiger partial charge in [0.2, 0.25) is 0 Å². The Labute approximate surface area is 158 Å². The minimum Gasteiger partial charge on any atom is -0.493 e. The van der Waals surface area contributed by atoms with Gasteiger partial charge in [-0.25, -0.2) is 0 Å². The summed E-state index contributed by atoms with van der Waals surface area (Å²) in [6, 6.07) is 12.0. The van der Waals surface area contributed by atoms with Crippen LogP contribution in [-0.2, 0) is 0 Å². The largest absolute Gasteiger partial charge is 0.493 e. The topological polar surface area (TPSA) is 43.7 Å². The second kappa shape index (κ2) is 7.96. The fraction of sp³-hybridized carbons (Fsp3) is 0.333. The number of hydrogen-bond acceptors (Lipinski definition) is 5. The lowest BCUT2D eigenvalue weighted by atomic mass is 10.2. The van der Waals surface area contributed by atoms with Gasteiger partial charge in [-0.05, 0) is 61.4 Å². The molecule has 5 heteroatoms. The van der Waals surface area contributed by atoms with Gasteiger partial charge in [0.25, 0.3) is 0 Å². The molecule has 0 spiro atoms. The average molecular weight is 366 g/mol. The van der Waals surface area contributed by atoms with Crippen LogP contribution in [0.2, 0.25) is 0 Å². The fourth-order valence-electron chi connectivity index (χ4n) is 3.30. The van der Waals surface area contributed by atoms with E-state index in [2.05, 4.69) is 16.5 Å². The first-order valence-corrected chi connectivity index (χ1v) is 9.88. The van der Waals surface area contributed by atoms with Crippen molar-refractivity contribution in [3.05, 3.63) is 59.3 Å². The van der Waals surface area contributed by atoms with E-state index in [1.165, 1.54) is 12.8 Å². The SMILES string of the molecule is COc1ccc(C2=NCC(c3ccccn3)=CS2)cc1OC1CCCC1. The first kappa shape index (κ1) is 17.2. The molecule has 2 aliphatic rings. The van der Waals surface area contributed by atoms with Gasteiger partial charge in [0.1, 0.15) is 5.04 Å². The van der Waals surface area contributed by atoms with Crippen LogP contribution < -0.4 is 9.47 Å². The predicted octanol–water partition coefficient (Wildman–Crippen LogP) is 4.95. The van der Waals surface area contributed by atoms with Gasteiger partial charge in [-0.15, -0.1) is 0 Å². The fourth-order valence-corrected chi connectivity index (χ4v) is 4.15. The standard InChI is InChI=1S/C21H22N2O2S/c1-24-19-10-9-15(12-20(19)25-17-6-2-3-7-17)21-23-13-16(14-26-21)18-8-4-5-11-22-18/h4-5,8-12,14,17H,2-3,6-7,13H2,1H3. The van der Waals surface area contributed by atoms with E-state index in [4.69, 9.17) is 14.5 Å². The highest BCUT2D eigenvalue weighted by Gasteiger charge is 2.20. The monoisotopic (exact) mass is 366 g/mol. The third kappa shape index (κ3) is 3.78. The van der Waals surface area contributed by atoms with Crippen LogP contribution in [0, 0.1) is 0 Å². The maximum Gasteiger partial charge on any atom is 0.162 e. The number of rotatable bonds is 5. The Bertz CT molecular complexity index is 827. The minimum atomic E-state index is 0.302. The van der Waals surface area contributed by atoms with E-state index < -0.39 is 0 Å². The molecule has 1 aliphatic heterocycles. The Morgan fingerprint density at radius 2 is 1.96 bits per heavy atom. The molecule has 4 rings (SSSR count). The van der Waals surface area contributed by atoms with E-state index in [0.717, 1.165) is 46.2 Å². The molecule has 0 atom stereocenters. The van der Waals surface area contributed by atoms with Crippen LogP contribution >= 0.6 is 11.8 Å². The number of thioether (sulfide) groups is 1. The first-order valence-electron chi connectivity index (χ1n) is 9.00. The minimum absolute atomic E-state index is 0.302. The molecule has 0 unspecified atom stereocenters. The maximum atomic E-state index is 6.20. The summed E-state index contributed by atoms with van der Waals surface area (Å²) in [4.78, 5) is 9.17. The van der Waals surface area contributed by atoms with E-state index in [1.54, 1.807) is 18.9 Å². The molecule has 0 saturated heterocycles. The summed E-state index contributed by atoms with van der Waals surface area (Å²) in [7, 11) is 1.69. The van der Waals surface area contributed by atoms with Gasteiger partial charge in [0, 0.05) is 17.3 Å². The molecule has 134 valence electrons. The van der Waals surface area contributed by atoms with E-state index in [-0.39, 0.29) is 0 Å². The van der Waals surface area contributed by atoms with Gasteiger partial charge in [-0.2, -0.15) is 0 Å². The molecule has 2 heterocycles. The van der Waals surface area contributed by atoms with Gasteiger partial charge in [0.05, 0.1) is 25.5 Å². The van der Waals surface area contributed by atoms with Crippen LogP contribution in [0.1, 0.15) is 36.9 Å². The highest BCUT2D eigenvalue weighted by molar-refractivity contribution is 8.17. The van der Waals surface area contributed by atoms with Crippen LogP contribution in [0.25, 0.3) is 5.57 Å². The Morgan fingerprint density at radius 3 is 2.65 bits per heavy atom. The third-order valence-electron chi connectivity index (χ3n) is 4.71. The Kier molecular flexibility index (Phi) is 5.25. The molecule has 26 heavy (non-hydrogen) atoms. The molecular weight excluding hydrogens is 344 g/mol. The molecule has 1 aromatic carbocycles. The van der Waals surface area contributed by atoms with Crippen molar-refractivity contribution in [1.29, 1.82) is 0 Å². The molecule has 0 amide bonds. The third-order valence-corrected chi connectivity index (χ3v) is 5.70. The Hall–Kier alpha value is -2.27. The summed E-state index contributed by atoms with van der Waals surface area (Å²) in [6.07, 6.45) is 6.86. The molecule has 2 aromatic rings. The van der Waals surface area contributed by atoms with Crippen LogP contribution in [-0.4, -0.2) is 29.8 Å². The summed E-state index contributed by atoms with van der Waals surface area (Å²) in [5.74, 6) is 1.60. The number of benzene rings is 1. The number of ether oxygens (including phenoxy) is 2.